The molecule has 52 heavy (non-hydrogen) atoms. The number of fused-ring (bicyclic) bond motifs is 4. The van der Waals surface area contributed by atoms with E-state index in [2.05, 4.69) is 158 Å². The summed E-state index contributed by atoms with van der Waals surface area (Å²) < 4.78 is 0. The van der Waals surface area contributed by atoms with Crippen molar-refractivity contribution in [3.8, 4) is 11.1 Å². The van der Waals surface area contributed by atoms with Gasteiger partial charge in [-0.05, 0) is 148 Å². The fourth-order valence-electron chi connectivity index (χ4n) is 10.8. The summed E-state index contributed by atoms with van der Waals surface area (Å²) in [5, 5.41) is 0. The largest absolute Gasteiger partial charge is 0.310 e. The number of hydrogen-bond acceptors (Lipinski definition) is 1. The molecule has 0 radical (unpaired) electrons. The van der Waals surface area contributed by atoms with Crippen molar-refractivity contribution in [2.75, 3.05) is 4.90 Å². The van der Waals surface area contributed by atoms with Gasteiger partial charge in [0.2, 0.25) is 0 Å². The Labute approximate surface area is 311 Å². The van der Waals surface area contributed by atoms with Gasteiger partial charge in [0, 0.05) is 23.0 Å². The normalized spacial score (nSPS) is 25.6. The second-order valence-electron chi connectivity index (χ2n) is 17.2. The average molecular weight is 678 g/mol. The van der Waals surface area contributed by atoms with Gasteiger partial charge in [0.15, 0.2) is 0 Å². The van der Waals surface area contributed by atoms with Gasteiger partial charge in [0.25, 0.3) is 0 Å². The molecule has 0 aliphatic heterocycles. The first kappa shape index (κ1) is 32.1. The van der Waals surface area contributed by atoms with Crippen LogP contribution in [-0.2, 0) is 5.41 Å². The molecule has 3 saturated carbocycles. The van der Waals surface area contributed by atoms with E-state index in [0.29, 0.717) is 17.8 Å². The van der Waals surface area contributed by atoms with Gasteiger partial charge in [-0.25, -0.2) is 0 Å². The summed E-state index contributed by atoms with van der Waals surface area (Å²) in [5.74, 6) is 4.23. The maximum atomic E-state index is 2.56. The van der Waals surface area contributed by atoms with Crippen LogP contribution >= 0.6 is 0 Å². The standard InChI is InChI=1S/C51H51N/c1-51(2)49-32-40(38-15-13-36(14-16-38)34-9-5-3-6-10-34)21-29-46(49)47-30-27-44(33-50(47)51)52(42-23-17-37(18-24-42)35-11-7-4-8-12-35)43-25-19-39(20-26-43)48-31-41-22-28-45(41)48/h3,5-6,9-10,13-21,23-27,29-30,32-33,35,41,45-46,48-49H,4,7-8,11-12,22,28,31H2,1-2H3. The topological polar surface area (TPSA) is 3.24 Å². The van der Waals surface area contributed by atoms with Crippen LogP contribution in [0.15, 0.2) is 140 Å². The monoisotopic (exact) mass is 677 g/mol. The molecule has 5 aliphatic rings. The highest BCUT2D eigenvalue weighted by molar-refractivity contribution is 5.81. The highest BCUT2D eigenvalue weighted by Gasteiger charge is 2.47. The molecule has 3 fully saturated rings. The molecule has 5 atom stereocenters. The Balaban J connectivity index is 0.976. The second-order valence-corrected chi connectivity index (χ2v) is 17.2. The van der Waals surface area contributed by atoms with Gasteiger partial charge >= 0.3 is 0 Å². The number of anilines is 3. The summed E-state index contributed by atoms with van der Waals surface area (Å²) in [5.41, 5.74) is 14.9. The molecule has 0 heterocycles. The van der Waals surface area contributed by atoms with Gasteiger partial charge < -0.3 is 4.90 Å². The zero-order chi connectivity index (χ0) is 34.8. The molecule has 0 amide bonds. The lowest BCUT2D eigenvalue weighted by atomic mass is 9.52. The molecule has 5 aromatic rings. The summed E-state index contributed by atoms with van der Waals surface area (Å²) in [6.07, 6.45) is 18.5. The Morgan fingerprint density at radius 3 is 1.90 bits per heavy atom. The number of nitrogens with zero attached hydrogens (tertiary/aromatic N) is 1. The average Bonchev–Trinajstić information content (AvgIpc) is 3.42. The third kappa shape index (κ3) is 5.42. The summed E-state index contributed by atoms with van der Waals surface area (Å²) in [6.45, 7) is 4.94. The van der Waals surface area contributed by atoms with Crippen molar-refractivity contribution >= 4 is 22.6 Å². The van der Waals surface area contributed by atoms with E-state index in [9.17, 15) is 0 Å². The lowest BCUT2D eigenvalue weighted by Crippen LogP contribution is -2.42. The van der Waals surface area contributed by atoms with E-state index in [1.165, 1.54) is 107 Å². The summed E-state index contributed by atoms with van der Waals surface area (Å²) in [6, 6.07) is 46.5. The van der Waals surface area contributed by atoms with Crippen molar-refractivity contribution in [1.29, 1.82) is 0 Å². The smallest absolute Gasteiger partial charge is 0.0464 e. The van der Waals surface area contributed by atoms with E-state index in [1.54, 1.807) is 5.56 Å². The lowest BCUT2D eigenvalue weighted by Gasteiger charge is -2.53. The van der Waals surface area contributed by atoms with Gasteiger partial charge in [0.1, 0.15) is 0 Å². The van der Waals surface area contributed by atoms with Crippen LogP contribution in [0, 0.1) is 17.8 Å². The van der Waals surface area contributed by atoms with Crippen LogP contribution in [0.1, 0.15) is 111 Å². The SMILES string of the molecule is CC1(C)c2cc(N(c3ccc(C4CCCCC4)cc3)c3ccc(C4CC5CCC54)cc3)ccc2C2C=CC(c3ccc(-c4ccccc4)cc3)=CC21. The molecule has 0 N–H and O–H groups in total. The van der Waals surface area contributed by atoms with E-state index in [-0.39, 0.29) is 5.41 Å². The molecule has 1 heteroatoms. The minimum Gasteiger partial charge on any atom is -0.310 e. The molecule has 5 aliphatic carbocycles. The van der Waals surface area contributed by atoms with Gasteiger partial charge in [0.05, 0.1) is 0 Å². The minimum atomic E-state index is -0.0000957. The van der Waals surface area contributed by atoms with Crippen LogP contribution in [0.4, 0.5) is 17.1 Å². The van der Waals surface area contributed by atoms with Gasteiger partial charge in [-0.15, -0.1) is 0 Å². The zero-order valence-corrected chi connectivity index (χ0v) is 30.8. The minimum absolute atomic E-state index is 0.0000957. The van der Waals surface area contributed by atoms with Crippen LogP contribution in [0.3, 0.4) is 0 Å². The highest BCUT2D eigenvalue weighted by Crippen LogP contribution is 2.59. The van der Waals surface area contributed by atoms with E-state index < -0.39 is 0 Å². The van der Waals surface area contributed by atoms with Crippen molar-refractivity contribution in [3.05, 3.63) is 167 Å². The lowest BCUT2D eigenvalue weighted by molar-refractivity contribution is 0.0216. The van der Waals surface area contributed by atoms with Crippen molar-refractivity contribution in [2.45, 2.75) is 88.4 Å². The summed E-state index contributed by atoms with van der Waals surface area (Å²) in [7, 11) is 0. The Morgan fingerprint density at radius 2 is 1.25 bits per heavy atom. The maximum Gasteiger partial charge on any atom is 0.0464 e. The Bertz CT molecular complexity index is 2080. The highest BCUT2D eigenvalue weighted by atomic mass is 15.1. The summed E-state index contributed by atoms with van der Waals surface area (Å²) >= 11 is 0. The Morgan fingerprint density at radius 1 is 0.596 bits per heavy atom. The number of hydrogen-bond donors (Lipinski definition) is 0. The molecule has 0 aromatic heterocycles. The first-order valence-electron chi connectivity index (χ1n) is 20.2. The van der Waals surface area contributed by atoms with E-state index in [4.69, 9.17) is 0 Å². The van der Waals surface area contributed by atoms with Crippen LogP contribution in [0.25, 0.3) is 16.7 Å². The molecule has 10 rings (SSSR count). The first-order valence-corrected chi connectivity index (χ1v) is 20.2. The van der Waals surface area contributed by atoms with Crippen LogP contribution in [0.5, 0.6) is 0 Å². The fourth-order valence-corrected chi connectivity index (χ4v) is 10.8. The molecule has 0 saturated heterocycles. The second kappa shape index (κ2) is 12.8. The van der Waals surface area contributed by atoms with Crippen LogP contribution in [0.2, 0.25) is 0 Å². The molecule has 0 bridgehead atoms. The number of rotatable bonds is 7. The number of benzene rings is 5. The van der Waals surface area contributed by atoms with Crippen LogP contribution in [-0.4, -0.2) is 0 Å². The predicted molar refractivity (Wildman–Crippen MR) is 219 cm³/mol. The Hall–Kier alpha value is -4.62. The quantitative estimate of drug-likeness (QED) is 0.166. The van der Waals surface area contributed by atoms with Crippen molar-refractivity contribution < 1.29 is 0 Å². The van der Waals surface area contributed by atoms with Crippen molar-refractivity contribution in [2.24, 2.45) is 17.8 Å². The van der Waals surface area contributed by atoms with Gasteiger partial charge in [-0.1, -0.05) is 136 Å². The van der Waals surface area contributed by atoms with Gasteiger partial charge in [-0.3, -0.25) is 0 Å². The first-order chi connectivity index (χ1) is 25.5. The van der Waals surface area contributed by atoms with E-state index in [1.807, 2.05) is 0 Å². The number of allylic oxidation sites excluding steroid dienone is 4. The molecular formula is C51H51N. The van der Waals surface area contributed by atoms with E-state index in [0.717, 1.165) is 17.8 Å². The van der Waals surface area contributed by atoms with Crippen LogP contribution < -0.4 is 4.90 Å². The van der Waals surface area contributed by atoms with Crippen molar-refractivity contribution in [3.63, 3.8) is 0 Å². The fraction of sp³-hybridized carbons (Fsp3) is 0.333. The molecule has 260 valence electrons. The summed E-state index contributed by atoms with van der Waals surface area (Å²) in [4.78, 5) is 2.52. The maximum absolute atomic E-state index is 2.56. The third-order valence-electron chi connectivity index (χ3n) is 14.1. The molecule has 1 nitrogen and oxygen atoms in total. The molecule has 0 spiro atoms. The van der Waals surface area contributed by atoms with Gasteiger partial charge in [-0.2, -0.15) is 0 Å². The predicted octanol–water partition coefficient (Wildman–Crippen LogP) is 14.0. The molecular weight excluding hydrogens is 627 g/mol. The van der Waals surface area contributed by atoms with E-state index >= 15 is 0 Å². The molecule has 5 unspecified atom stereocenters. The van der Waals surface area contributed by atoms with Crippen molar-refractivity contribution in [1.82, 2.24) is 0 Å². The molecule has 5 aromatic carbocycles. The Kier molecular flexibility index (Phi) is 7.89. The third-order valence-corrected chi connectivity index (χ3v) is 14.1. The zero-order valence-electron chi connectivity index (χ0n) is 30.8.